The second-order valence-corrected chi connectivity index (χ2v) is 3.96. The predicted octanol–water partition coefficient (Wildman–Crippen LogP) is 1.85. The monoisotopic (exact) mass is 189 g/mol. The van der Waals surface area contributed by atoms with E-state index in [9.17, 15) is 4.39 Å². The highest BCUT2D eigenvalue weighted by Crippen LogP contribution is 2.12. The highest BCUT2D eigenvalue weighted by atomic mass is 19.1. The van der Waals surface area contributed by atoms with E-state index in [4.69, 9.17) is 4.74 Å². The zero-order valence-electron chi connectivity index (χ0n) is 8.63. The van der Waals surface area contributed by atoms with Gasteiger partial charge in [0.15, 0.2) is 0 Å². The SMILES string of the molecule is CC(C)OCCCN1CC[C@H](F)C1. The van der Waals surface area contributed by atoms with Crippen LogP contribution < -0.4 is 0 Å². The molecule has 0 aromatic rings. The van der Waals surface area contributed by atoms with Gasteiger partial charge in [-0.15, -0.1) is 0 Å². The first-order valence-electron chi connectivity index (χ1n) is 5.16. The van der Waals surface area contributed by atoms with E-state index in [0.29, 0.717) is 19.1 Å². The van der Waals surface area contributed by atoms with Crippen LogP contribution in [0.5, 0.6) is 0 Å². The van der Waals surface area contributed by atoms with Crippen LogP contribution in [0, 0.1) is 0 Å². The van der Waals surface area contributed by atoms with Crippen LogP contribution in [0.15, 0.2) is 0 Å². The first kappa shape index (κ1) is 10.9. The van der Waals surface area contributed by atoms with Gasteiger partial charge in [0.05, 0.1) is 6.10 Å². The normalized spacial score (nSPS) is 24.5. The Morgan fingerprint density at radius 2 is 2.31 bits per heavy atom. The molecular formula is C10H20FNO. The number of alkyl halides is 1. The summed E-state index contributed by atoms with van der Waals surface area (Å²) in [7, 11) is 0. The lowest BCUT2D eigenvalue weighted by molar-refractivity contribution is 0.0716. The van der Waals surface area contributed by atoms with E-state index in [1.54, 1.807) is 0 Å². The summed E-state index contributed by atoms with van der Waals surface area (Å²) >= 11 is 0. The summed E-state index contributed by atoms with van der Waals surface area (Å²) in [5.41, 5.74) is 0. The zero-order chi connectivity index (χ0) is 9.68. The number of ether oxygens (including phenoxy) is 1. The lowest BCUT2D eigenvalue weighted by atomic mass is 10.3. The average Bonchev–Trinajstić information content (AvgIpc) is 2.45. The van der Waals surface area contributed by atoms with Crippen molar-refractivity contribution in [2.45, 2.75) is 39.0 Å². The summed E-state index contributed by atoms with van der Waals surface area (Å²) in [6.45, 7) is 7.39. The highest BCUT2D eigenvalue weighted by Gasteiger charge is 2.20. The zero-order valence-corrected chi connectivity index (χ0v) is 8.63. The Bertz CT molecular complexity index is 141. The van der Waals surface area contributed by atoms with Crippen molar-refractivity contribution in [3.63, 3.8) is 0 Å². The lowest BCUT2D eigenvalue weighted by Gasteiger charge is -2.14. The summed E-state index contributed by atoms with van der Waals surface area (Å²) < 4.78 is 18.1. The Labute approximate surface area is 80.1 Å². The fraction of sp³-hybridized carbons (Fsp3) is 1.00. The minimum atomic E-state index is -0.592. The largest absolute Gasteiger partial charge is 0.379 e. The van der Waals surface area contributed by atoms with Crippen LogP contribution >= 0.6 is 0 Å². The first-order valence-corrected chi connectivity index (χ1v) is 5.16. The van der Waals surface area contributed by atoms with Gasteiger partial charge in [-0.3, -0.25) is 0 Å². The molecule has 0 amide bonds. The molecule has 0 aliphatic carbocycles. The molecule has 1 aliphatic rings. The molecule has 1 atom stereocenters. The summed E-state index contributed by atoms with van der Waals surface area (Å²) in [6.07, 6.45) is 1.45. The molecule has 2 nitrogen and oxygen atoms in total. The number of likely N-dealkylation sites (tertiary alicyclic amines) is 1. The Morgan fingerprint density at radius 3 is 2.85 bits per heavy atom. The van der Waals surface area contributed by atoms with Crippen molar-refractivity contribution in [3.8, 4) is 0 Å². The minimum Gasteiger partial charge on any atom is -0.379 e. The Balaban J connectivity index is 1.94. The number of halogens is 1. The van der Waals surface area contributed by atoms with Gasteiger partial charge < -0.3 is 9.64 Å². The van der Waals surface area contributed by atoms with Crippen LogP contribution in [-0.2, 0) is 4.74 Å². The average molecular weight is 189 g/mol. The van der Waals surface area contributed by atoms with E-state index in [0.717, 1.165) is 26.1 Å². The van der Waals surface area contributed by atoms with Crippen LogP contribution in [0.3, 0.4) is 0 Å². The van der Waals surface area contributed by atoms with Gasteiger partial charge in [-0.2, -0.15) is 0 Å². The number of hydrogen-bond donors (Lipinski definition) is 0. The summed E-state index contributed by atoms with van der Waals surface area (Å²) in [4.78, 5) is 2.17. The van der Waals surface area contributed by atoms with Crippen molar-refractivity contribution < 1.29 is 9.13 Å². The molecule has 1 heterocycles. The van der Waals surface area contributed by atoms with Gasteiger partial charge >= 0.3 is 0 Å². The van der Waals surface area contributed by atoms with Gasteiger partial charge in [0, 0.05) is 26.2 Å². The Hall–Kier alpha value is -0.150. The van der Waals surface area contributed by atoms with Crippen molar-refractivity contribution >= 4 is 0 Å². The molecule has 3 heteroatoms. The fourth-order valence-corrected chi connectivity index (χ4v) is 1.60. The van der Waals surface area contributed by atoms with Gasteiger partial charge in [0.25, 0.3) is 0 Å². The molecular weight excluding hydrogens is 169 g/mol. The molecule has 0 unspecified atom stereocenters. The second-order valence-electron chi connectivity index (χ2n) is 3.96. The minimum absolute atomic E-state index is 0.313. The van der Waals surface area contributed by atoms with Crippen LogP contribution in [0.2, 0.25) is 0 Å². The van der Waals surface area contributed by atoms with Crippen molar-refractivity contribution in [2.75, 3.05) is 26.2 Å². The molecule has 0 saturated carbocycles. The van der Waals surface area contributed by atoms with Crippen molar-refractivity contribution in [2.24, 2.45) is 0 Å². The topological polar surface area (TPSA) is 12.5 Å². The van der Waals surface area contributed by atoms with E-state index >= 15 is 0 Å². The van der Waals surface area contributed by atoms with Gasteiger partial charge in [0.1, 0.15) is 6.17 Å². The third-order valence-electron chi connectivity index (χ3n) is 2.28. The smallest absolute Gasteiger partial charge is 0.114 e. The predicted molar refractivity (Wildman–Crippen MR) is 51.7 cm³/mol. The Kier molecular flexibility index (Phi) is 4.67. The van der Waals surface area contributed by atoms with E-state index < -0.39 is 6.17 Å². The number of nitrogens with zero attached hydrogens (tertiary/aromatic N) is 1. The third kappa shape index (κ3) is 4.58. The molecule has 1 aliphatic heterocycles. The van der Waals surface area contributed by atoms with Gasteiger partial charge in [-0.1, -0.05) is 0 Å². The van der Waals surface area contributed by atoms with Gasteiger partial charge in [0.2, 0.25) is 0 Å². The van der Waals surface area contributed by atoms with E-state index in [-0.39, 0.29) is 0 Å². The van der Waals surface area contributed by atoms with Crippen LogP contribution in [0.4, 0.5) is 4.39 Å². The van der Waals surface area contributed by atoms with E-state index in [1.165, 1.54) is 0 Å². The molecule has 0 radical (unpaired) electrons. The maximum Gasteiger partial charge on any atom is 0.114 e. The maximum absolute atomic E-state index is 12.7. The van der Waals surface area contributed by atoms with Crippen molar-refractivity contribution in [1.82, 2.24) is 4.90 Å². The molecule has 1 fully saturated rings. The first-order chi connectivity index (χ1) is 6.18. The van der Waals surface area contributed by atoms with Crippen LogP contribution in [-0.4, -0.2) is 43.4 Å². The molecule has 1 rings (SSSR count). The third-order valence-corrected chi connectivity index (χ3v) is 2.28. The molecule has 0 N–H and O–H groups in total. The summed E-state index contributed by atoms with van der Waals surface area (Å²) in [5, 5.41) is 0. The number of hydrogen-bond acceptors (Lipinski definition) is 2. The molecule has 0 aromatic heterocycles. The van der Waals surface area contributed by atoms with E-state index in [2.05, 4.69) is 4.90 Å². The van der Waals surface area contributed by atoms with Crippen molar-refractivity contribution in [1.29, 1.82) is 0 Å². The molecule has 78 valence electrons. The van der Waals surface area contributed by atoms with Crippen molar-refractivity contribution in [3.05, 3.63) is 0 Å². The molecule has 13 heavy (non-hydrogen) atoms. The van der Waals surface area contributed by atoms with E-state index in [1.807, 2.05) is 13.8 Å². The summed E-state index contributed by atoms with van der Waals surface area (Å²) in [5.74, 6) is 0. The number of rotatable bonds is 5. The Morgan fingerprint density at radius 1 is 1.54 bits per heavy atom. The quantitative estimate of drug-likeness (QED) is 0.612. The van der Waals surface area contributed by atoms with Crippen LogP contribution in [0.1, 0.15) is 26.7 Å². The highest BCUT2D eigenvalue weighted by molar-refractivity contribution is 4.74. The van der Waals surface area contributed by atoms with Gasteiger partial charge in [-0.25, -0.2) is 4.39 Å². The molecule has 0 spiro atoms. The second kappa shape index (κ2) is 5.55. The summed E-state index contributed by atoms with van der Waals surface area (Å²) in [6, 6.07) is 0. The maximum atomic E-state index is 12.7. The van der Waals surface area contributed by atoms with Gasteiger partial charge in [-0.05, 0) is 26.7 Å². The molecule has 0 aromatic carbocycles. The standard InChI is InChI=1S/C10H20FNO/c1-9(2)13-7-3-5-12-6-4-10(11)8-12/h9-10H,3-8H2,1-2H3/t10-/m0/s1. The molecule has 0 bridgehead atoms. The molecule has 1 saturated heterocycles. The lowest BCUT2D eigenvalue weighted by Crippen LogP contribution is -2.23. The fourth-order valence-electron chi connectivity index (χ4n) is 1.60. The van der Waals surface area contributed by atoms with Crippen LogP contribution in [0.25, 0.3) is 0 Å².